The van der Waals surface area contributed by atoms with E-state index in [1.807, 2.05) is 0 Å². The Hall–Kier alpha value is -3.68. The van der Waals surface area contributed by atoms with E-state index in [0.29, 0.717) is 0 Å². The average Bonchev–Trinajstić information content (AvgIpc) is 2.65. The summed E-state index contributed by atoms with van der Waals surface area (Å²) in [6, 6.07) is 2.02. The normalized spacial score (nSPS) is 10.9. The molecule has 1 rings (SSSR count). The third kappa shape index (κ3) is 7.38. The van der Waals surface area contributed by atoms with E-state index in [2.05, 4.69) is 14.5 Å². The van der Waals surface area contributed by atoms with E-state index in [0.717, 1.165) is 18.4 Å². The number of nitrogens with two attached hydrogens (primary N) is 1. The lowest BCUT2D eigenvalue weighted by Crippen LogP contribution is -2.31. The van der Waals surface area contributed by atoms with Gasteiger partial charge in [0.25, 0.3) is 10.0 Å². The number of nitrogens with one attached hydrogen (secondary N) is 1. The maximum atomic E-state index is 12.6. The predicted molar refractivity (Wildman–Crippen MR) is 98.8 cm³/mol. The summed E-state index contributed by atoms with van der Waals surface area (Å²) in [5.41, 5.74) is 5.53. The molecule has 0 aromatic heterocycles. The standard InChI is InChI=1S/C16H20N2O11S/c1-3-7-28-29-16(22)18-30(23,24)11-6-5-10(17)14(26-8-12(19)20)15(11)27-9-13(21)25-4-2/h3,5-7H,4,8-9,17H2,1-2H3,(H,18,22)(H,19,20). The fourth-order valence-corrected chi connectivity index (χ4v) is 2.84. The van der Waals surface area contributed by atoms with Gasteiger partial charge in [-0.05, 0) is 32.1 Å². The van der Waals surface area contributed by atoms with Gasteiger partial charge in [0.1, 0.15) is 11.2 Å². The number of hydrogen-bond acceptors (Lipinski definition) is 11. The molecule has 0 aliphatic carbocycles. The maximum Gasteiger partial charge on any atom is 0.463 e. The fraction of sp³-hybridized carbons (Fsp3) is 0.312. The van der Waals surface area contributed by atoms with Crippen molar-refractivity contribution in [2.75, 3.05) is 25.6 Å². The summed E-state index contributed by atoms with van der Waals surface area (Å²) in [5.74, 6) is -3.32. The molecule has 0 bridgehead atoms. The molecule has 0 unspecified atom stereocenters. The zero-order chi connectivity index (χ0) is 22.7. The quantitative estimate of drug-likeness (QED) is 0.140. The van der Waals surface area contributed by atoms with E-state index in [1.54, 1.807) is 13.8 Å². The number of amides is 1. The molecule has 14 heteroatoms. The summed E-state index contributed by atoms with van der Waals surface area (Å²) in [4.78, 5) is 41.8. The Labute approximate surface area is 171 Å². The van der Waals surface area contributed by atoms with Crippen LogP contribution in [0, 0.1) is 0 Å². The zero-order valence-electron chi connectivity index (χ0n) is 15.9. The highest BCUT2D eigenvalue weighted by atomic mass is 32.2. The van der Waals surface area contributed by atoms with Crippen LogP contribution in [0.3, 0.4) is 0 Å². The molecule has 0 aliphatic heterocycles. The first-order valence-corrected chi connectivity index (χ1v) is 9.67. The number of hydrogen-bond donors (Lipinski definition) is 3. The number of allylic oxidation sites excluding steroid dienone is 1. The molecule has 30 heavy (non-hydrogen) atoms. The number of aliphatic carboxylic acids is 1. The van der Waals surface area contributed by atoms with Crippen molar-refractivity contribution in [3.05, 3.63) is 24.5 Å². The number of anilines is 1. The van der Waals surface area contributed by atoms with E-state index in [1.165, 1.54) is 10.8 Å². The number of esters is 1. The summed E-state index contributed by atoms with van der Waals surface area (Å²) < 4.78 is 41.5. The topological polar surface area (TPSA) is 190 Å². The van der Waals surface area contributed by atoms with Gasteiger partial charge in [-0.15, -0.1) is 0 Å². The summed E-state index contributed by atoms with van der Waals surface area (Å²) in [7, 11) is -4.65. The van der Waals surface area contributed by atoms with Crippen LogP contribution >= 0.6 is 0 Å². The largest absolute Gasteiger partial charge is 0.479 e. The number of carbonyl (C=O) groups is 3. The molecule has 166 valence electrons. The second-order valence-electron chi connectivity index (χ2n) is 5.13. The van der Waals surface area contributed by atoms with E-state index in [9.17, 15) is 22.8 Å². The second kappa shape index (κ2) is 11.4. The SMILES string of the molecule is CC=COOC(=O)NS(=O)(=O)c1ccc(N)c(OCC(=O)O)c1OCC(=O)OCC. The molecule has 0 atom stereocenters. The highest BCUT2D eigenvalue weighted by Gasteiger charge is 2.28. The Morgan fingerprint density at radius 2 is 1.83 bits per heavy atom. The van der Waals surface area contributed by atoms with Crippen LogP contribution in [-0.4, -0.2) is 51.4 Å². The summed E-state index contributed by atoms with van der Waals surface area (Å²) >= 11 is 0. The third-order valence-electron chi connectivity index (χ3n) is 2.91. The van der Waals surface area contributed by atoms with E-state index >= 15 is 0 Å². The molecular formula is C16H20N2O11S. The molecule has 13 nitrogen and oxygen atoms in total. The lowest BCUT2D eigenvalue weighted by atomic mass is 10.2. The Morgan fingerprint density at radius 3 is 2.43 bits per heavy atom. The molecule has 1 aromatic rings. The van der Waals surface area contributed by atoms with Crippen molar-refractivity contribution in [3.8, 4) is 11.5 Å². The van der Waals surface area contributed by atoms with Crippen molar-refractivity contribution >= 4 is 33.7 Å². The van der Waals surface area contributed by atoms with Crippen LogP contribution in [0.1, 0.15) is 13.8 Å². The minimum atomic E-state index is -4.65. The molecular weight excluding hydrogens is 428 g/mol. The number of ether oxygens (including phenoxy) is 3. The number of rotatable bonds is 11. The van der Waals surface area contributed by atoms with Crippen LogP contribution in [0.25, 0.3) is 0 Å². The van der Waals surface area contributed by atoms with Crippen molar-refractivity contribution in [3.63, 3.8) is 0 Å². The number of benzene rings is 1. The number of carboxylic acid groups (broad SMARTS) is 1. The van der Waals surface area contributed by atoms with Gasteiger partial charge < -0.3 is 25.1 Å². The minimum Gasteiger partial charge on any atom is -0.479 e. The van der Waals surface area contributed by atoms with Crippen LogP contribution in [0.2, 0.25) is 0 Å². The van der Waals surface area contributed by atoms with Gasteiger partial charge in [-0.3, -0.25) is 4.89 Å². The van der Waals surface area contributed by atoms with Crippen molar-refractivity contribution in [2.45, 2.75) is 18.7 Å². The van der Waals surface area contributed by atoms with Crippen LogP contribution in [-0.2, 0) is 34.1 Å². The summed E-state index contributed by atoms with van der Waals surface area (Å²) in [6.45, 7) is 1.49. The Bertz CT molecular complexity index is 912. The van der Waals surface area contributed by atoms with Gasteiger partial charge in [-0.2, -0.15) is 0 Å². The van der Waals surface area contributed by atoms with Gasteiger partial charge in [-0.1, -0.05) is 0 Å². The van der Waals surface area contributed by atoms with Crippen molar-refractivity contribution in [1.29, 1.82) is 0 Å². The molecule has 0 spiro atoms. The molecule has 0 saturated heterocycles. The molecule has 0 aliphatic rings. The number of carboxylic acids is 1. The first-order chi connectivity index (χ1) is 14.1. The Morgan fingerprint density at radius 1 is 1.17 bits per heavy atom. The minimum absolute atomic E-state index is 0.0340. The van der Waals surface area contributed by atoms with Crippen LogP contribution in [0.4, 0.5) is 10.5 Å². The lowest BCUT2D eigenvalue weighted by molar-refractivity contribution is -0.185. The smallest absolute Gasteiger partial charge is 0.463 e. The van der Waals surface area contributed by atoms with Gasteiger partial charge in [0, 0.05) is 0 Å². The average molecular weight is 448 g/mol. The molecule has 0 radical (unpaired) electrons. The van der Waals surface area contributed by atoms with Crippen molar-refractivity contribution < 1.29 is 51.9 Å². The van der Waals surface area contributed by atoms with Crippen LogP contribution < -0.4 is 19.9 Å². The van der Waals surface area contributed by atoms with Gasteiger partial charge >= 0.3 is 18.0 Å². The molecule has 1 amide bonds. The maximum absolute atomic E-state index is 12.6. The number of sulfonamides is 1. The third-order valence-corrected chi connectivity index (χ3v) is 4.24. The molecule has 1 aromatic carbocycles. The fourth-order valence-electron chi connectivity index (χ4n) is 1.83. The first kappa shape index (κ1) is 24.4. The zero-order valence-corrected chi connectivity index (χ0v) is 16.8. The van der Waals surface area contributed by atoms with Crippen LogP contribution in [0.15, 0.2) is 29.4 Å². The predicted octanol–water partition coefficient (Wildman–Crippen LogP) is 0.554. The van der Waals surface area contributed by atoms with Gasteiger partial charge in [0.15, 0.2) is 24.7 Å². The molecule has 0 heterocycles. The van der Waals surface area contributed by atoms with E-state index in [4.69, 9.17) is 20.3 Å². The monoisotopic (exact) mass is 448 g/mol. The highest BCUT2D eigenvalue weighted by Crippen LogP contribution is 2.39. The summed E-state index contributed by atoms with van der Waals surface area (Å²) in [6.07, 6.45) is 0.852. The summed E-state index contributed by atoms with van der Waals surface area (Å²) in [5, 5.41) is 8.80. The highest BCUT2D eigenvalue weighted by molar-refractivity contribution is 7.90. The number of carbonyl (C=O) groups excluding carboxylic acids is 2. The second-order valence-corrected chi connectivity index (χ2v) is 6.78. The van der Waals surface area contributed by atoms with Gasteiger partial charge in [-0.25, -0.2) is 32.4 Å². The van der Waals surface area contributed by atoms with Gasteiger partial charge in [0.05, 0.1) is 12.3 Å². The van der Waals surface area contributed by atoms with Crippen molar-refractivity contribution in [2.24, 2.45) is 0 Å². The van der Waals surface area contributed by atoms with E-state index in [-0.39, 0.29) is 12.3 Å². The molecule has 0 saturated carbocycles. The Balaban J connectivity index is 3.29. The van der Waals surface area contributed by atoms with Crippen molar-refractivity contribution in [1.82, 2.24) is 4.72 Å². The number of nitrogen functional groups attached to an aromatic ring is 1. The Kier molecular flexibility index (Phi) is 9.22. The first-order valence-electron chi connectivity index (χ1n) is 8.19. The lowest BCUT2D eigenvalue weighted by Gasteiger charge is -2.17. The van der Waals surface area contributed by atoms with Gasteiger partial charge in [0.2, 0.25) is 0 Å². The van der Waals surface area contributed by atoms with E-state index < -0.39 is 57.7 Å². The molecule has 0 fully saturated rings. The van der Waals surface area contributed by atoms with Crippen LogP contribution in [0.5, 0.6) is 11.5 Å². The molecule has 4 N–H and O–H groups in total.